The van der Waals surface area contributed by atoms with Crippen molar-refractivity contribution in [3.8, 4) is 11.1 Å². The molecule has 0 saturated carbocycles. The van der Waals surface area contributed by atoms with E-state index in [1.807, 2.05) is 36.4 Å². The highest BCUT2D eigenvalue weighted by atomic mass is 16.5. The standard InChI is InChI=1S/C22H23N3O4/c1-13-23-10-19(25-13)21(27)20(26)11-24-22(28)29-12-18-16-8-4-2-6-14(16)15-7-3-5-9-17(15)18/h2-10,18,20-21,26-27H,11-12H2,1H3,(H,23,25)(H,24,28). The summed E-state index contributed by atoms with van der Waals surface area (Å²) in [6.45, 7) is 1.80. The molecule has 1 heterocycles. The van der Waals surface area contributed by atoms with E-state index in [0.29, 0.717) is 11.5 Å². The number of aliphatic hydroxyl groups excluding tert-OH is 2. The van der Waals surface area contributed by atoms with Gasteiger partial charge in [-0.1, -0.05) is 48.5 Å². The van der Waals surface area contributed by atoms with E-state index < -0.39 is 18.3 Å². The topological polar surface area (TPSA) is 107 Å². The molecular formula is C22H23N3O4. The Morgan fingerprint density at radius 1 is 1.14 bits per heavy atom. The molecule has 1 amide bonds. The highest BCUT2D eigenvalue weighted by Crippen LogP contribution is 2.44. The van der Waals surface area contributed by atoms with Crippen LogP contribution in [0.25, 0.3) is 11.1 Å². The number of nitrogens with zero attached hydrogens (tertiary/aromatic N) is 1. The van der Waals surface area contributed by atoms with Gasteiger partial charge in [-0.15, -0.1) is 0 Å². The molecule has 0 fully saturated rings. The van der Waals surface area contributed by atoms with E-state index in [1.54, 1.807) is 6.92 Å². The first-order valence-corrected chi connectivity index (χ1v) is 9.51. The third-order valence-corrected chi connectivity index (χ3v) is 5.20. The number of carbonyl (C=O) groups is 1. The van der Waals surface area contributed by atoms with Crippen molar-refractivity contribution < 1.29 is 19.7 Å². The van der Waals surface area contributed by atoms with E-state index in [4.69, 9.17) is 4.74 Å². The van der Waals surface area contributed by atoms with Crippen molar-refractivity contribution in [3.63, 3.8) is 0 Å². The zero-order chi connectivity index (χ0) is 20.4. The van der Waals surface area contributed by atoms with E-state index in [2.05, 4.69) is 27.4 Å². The molecule has 2 unspecified atom stereocenters. The number of imidazole rings is 1. The molecule has 7 heteroatoms. The van der Waals surface area contributed by atoms with Gasteiger partial charge in [0.25, 0.3) is 0 Å². The van der Waals surface area contributed by atoms with Crippen molar-refractivity contribution in [2.45, 2.75) is 25.0 Å². The first kappa shape index (κ1) is 19.2. The van der Waals surface area contributed by atoms with Crippen molar-refractivity contribution in [1.29, 1.82) is 0 Å². The maximum absolute atomic E-state index is 12.1. The summed E-state index contributed by atoms with van der Waals surface area (Å²) < 4.78 is 5.42. The molecule has 1 aliphatic rings. The summed E-state index contributed by atoms with van der Waals surface area (Å²) in [4.78, 5) is 19.0. The maximum Gasteiger partial charge on any atom is 0.407 e. The Labute approximate surface area is 168 Å². The molecule has 1 aliphatic carbocycles. The van der Waals surface area contributed by atoms with E-state index in [-0.39, 0.29) is 19.1 Å². The lowest BCUT2D eigenvalue weighted by Crippen LogP contribution is -2.36. The van der Waals surface area contributed by atoms with Crippen LogP contribution in [0.2, 0.25) is 0 Å². The minimum Gasteiger partial charge on any atom is -0.449 e. The maximum atomic E-state index is 12.1. The molecule has 1 aromatic heterocycles. The molecule has 2 atom stereocenters. The summed E-state index contributed by atoms with van der Waals surface area (Å²) in [5.74, 6) is 0.604. The number of ether oxygens (including phenoxy) is 1. The number of benzene rings is 2. The molecule has 3 aromatic rings. The number of hydrogen-bond acceptors (Lipinski definition) is 5. The fraction of sp³-hybridized carbons (Fsp3) is 0.273. The van der Waals surface area contributed by atoms with Gasteiger partial charge in [0.2, 0.25) is 0 Å². The molecule has 0 bridgehead atoms. The lowest BCUT2D eigenvalue weighted by atomic mass is 9.98. The Kier molecular flexibility index (Phi) is 5.33. The molecule has 0 spiro atoms. The summed E-state index contributed by atoms with van der Waals surface area (Å²) in [7, 11) is 0. The first-order valence-electron chi connectivity index (χ1n) is 9.51. The van der Waals surface area contributed by atoms with Gasteiger partial charge in [0, 0.05) is 12.5 Å². The van der Waals surface area contributed by atoms with Crippen LogP contribution in [0.15, 0.2) is 54.7 Å². The molecule has 0 aliphatic heterocycles. The van der Waals surface area contributed by atoms with Crippen molar-refractivity contribution >= 4 is 6.09 Å². The number of H-pyrrole nitrogens is 1. The third kappa shape index (κ3) is 3.87. The number of aromatic amines is 1. The van der Waals surface area contributed by atoms with Crippen molar-refractivity contribution in [2.75, 3.05) is 13.2 Å². The van der Waals surface area contributed by atoms with Crippen molar-refractivity contribution in [2.24, 2.45) is 0 Å². The first-order chi connectivity index (χ1) is 14.0. The molecule has 2 aromatic carbocycles. The van der Waals surface area contributed by atoms with Crippen LogP contribution in [-0.4, -0.2) is 45.5 Å². The number of fused-ring (bicyclic) bond motifs is 3. The molecule has 7 nitrogen and oxygen atoms in total. The van der Waals surface area contributed by atoms with Gasteiger partial charge in [0.05, 0.1) is 11.9 Å². The summed E-state index contributed by atoms with van der Waals surface area (Å²) >= 11 is 0. The molecule has 0 radical (unpaired) electrons. The Bertz CT molecular complexity index is 971. The highest BCUT2D eigenvalue weighted by Gasteiger charge is 2.29. The number of rotatable bonds is 6. The lowest BCUT2D eigenvalue weighted by Gasteiger charge is -2.18. The van der Waals surface area contributed by atoms with Crippen LogP contribution in [0.1, 0.15) is 34.7 Å². The number of amides is 1. The van der Waals surface area contributed by atoms with Gasteiger partial charge < -0.3 is 25.3 Å². The van der Waals surface area contributed by atoms with Gasteiger partial charge in [-0.05, 0) is 29.2 Å². The van der Waals surface area contributed by atoms with E-state index in [1.165, 1.54) is 6.20 Å². The second kappa shape index (κ2) is 8.06. The fourth-order valence-electron chi connectivity index (χ4n) is 3.75. The van der Waals surface area contributed by atoms with Crippen LogP contribution in [0.4, 0.5) is 4.79 Å². The Morgan fingerprint density at radius 2 is 1.76 bits per heavy atom. The Balaban J connectivity index is 1.34. The number of hydrogen-bond donors (Lipinski definition) is 4. The highest BCUT2D eigenvalue weighted by molar-refractivity contribution is 5.79. The lowest BCUT2D eigenvalue weighted by molar-refractivity contribution is 0.0162. The predicted molar refractivity (Wildman–Crippen MR) is 107 cm³/mol. The van der Waals surface area contributed by atoms with Crippen LogP contribution in [0.5, 0.6) is 0 Å². The summed E-state index contributed by atoms with van der Waals surface area (Å²) in [5, 5.41) is 22.7. The van der Waals surface area contributed by atoms with Crippen molar-refractivity contribution in [3.05, 3.63) is 77.4 Å². The van der Waals surface area contributed by atoms with E-state index in [0.717, 1.165) is 22.3 Å². The normalized spacial score (nSPS) is 14.7. The third-order valence-electron chi connectivity index (χ3n) is 5.20. The summed E-state index contributed by atoms with van der Waals surface area (Å²) in [6.07, 6.45) is -1.55. The second-order valence-corrected chi connectivity index (χ2v) is 7.14. The summed E-state index contributed by atoms with van der Waals surface area (Å²) in [6, 6.07) is 16.2. The van der Waals surface area contributed by atoms with E-state index in [9.17, 15) is 15.0 Å². The number of aliphatic hydroxyl groups is 2. The minimum absolute atomic E-state index is 0.0309. The average molecular weight is 393 g/mol. The quantitative estimate of drug-likeness (QED) is 0.515. The molecule has 0 saturated heterocycles. The van der Waals surface area contributed by atoms with Gasteiger partial charge in [-0.3, -0.25) is 0 Å². The van der Waals surface area contributed by atoms with Gasteiger partial charge in [-0.2, -0.15) is 0 Å². The largest absolute Gasteiger partial charge is 0.449 e. The molecule has 29 heavy (non-hydrogen) atoms. The van der Waals surface area contributed by atoms with Crippen LogP contribution in [-0.2, 0) is 4.74 Å². The number of aryl methyl sites for hydroxylation is 1. The summed E-state index contributed by atoms with van der Waals surface area (Å²) in [5.41, 5.74) is 4.97. The number of nitrogens with one attached hydrogen (secondary N) is 2. The van der Waals surface area contributed by atoms with Gasteiger partial charge >= 0.3 is 6.09 Å². The monoisotopic (exact) mass is 393 g/mol. The number of carbonyl (C=O) groups excluding carboxylic acids is 1. The molecule has 4 N–H and O–H groups in total. The minimum atomic E-state index is -1.18. The zero-order valence-electron chi connectivity index (χ0n) is 16.0. The smallest absolute Gasteiger partial charge is 0.407 e. The van der Waals surface area contributed by atoms with Crippen LogP contribution < -0.4 is 5.32 Å². The van der Waals surface area contributed by atoms with Crippen molar-refractivity contribution in [1.82, 2.24) is 15.3 Å². The van der Waals surface area contributed by atoms with Gasteiger partial charge in [0.15, 0.2) is 0 Å². The zero-order valence-corrected chi connectivity index (χ0v) is 16.0. The Morgan fingerprint density at radius 3 is 2.34 bits per heavy atom. The van der Waals surface area contributed by atoms with Crippen LogP contribution in [0, 0.1) is 6.92 Å². The van der Waals surface area contributed by atoms with Crippen LogP contribution >= 0.6 is 0 Å². The fourth-order valence-corrected chi connectivity index (χ4v) is 3.75. The second-order valence-electron chi connectivity index (χ2n) is 7.14. The number of aromatic nitrogens is 2. The molecule has 150 valence electrons. The van der Waals surface area contributed by atoms with Crippen LogP contribution in [0.3, 0.4) is 0 Å². The number of alkyl carbamates (subject to hydrolysis) is 1. The Hall–Kier alpha value is -3.16. The molecule has 4 rings (SSSR count). The van der Waals surface area contributed by atoms with Gasteiger partial charge in [0.1, 0.15) is 24.6 Å². The average Bonchev–Trinajstić information content (AvgIpc) is 3.31. The SMILES string of the molecule is Cc1ncc(C(O)C(O)CNC(=O)OCC2c3ccccc3-c3ccccc32)[nH]1. The molecular weight excluding hydrogens is 370 g/mol. The van der Waals surface area contributed by atoms with E-state index >= 15 is 0 Å². The predicted octanol–water partition coefficient (Wildman–Crippen LogP) is 2.65. The van der Waals surface area contributed by atoms with Gasteiger partial charge in [-0.25, -0.2) is 9.78 Å².